The number of fused-ring (bicyclic) bond motifs is 3. The lowest BCUT2D eigenvalue weighted by atomic mass is 9.77. The van der Waals surface area contributed by atoms with Crippen LogP contribution in [0.3, 0.4) is 0 Å². The molecule has 3 aliphatic rings. The highest BCUT2D eigenvalue weighted by atomic mass is 32.1. The highest BCUT2D eigenvalue weighted by molar-refractivity contribution is 6.99. The molecule has 2 N–H and O–H groups in total. The number of carboxylic acids is 2. The van der Waals surface area contributed by atoms with Gasteiger partial charge in [-0.2, -0.15) is 4.37 Å². The Bertz CT molecular complexity index is 667. The van der Waals surface area contributed by atoms with Crippen LogP contribution < -0.4 is 4.74 Å². The van der Waals surface area contributed by atoms with E-state index in [0.29, 0.717) is 18.1 Å². The van der Waals surface area contributed by atoms with Gasteiger partial charge < -0.3 is 19.8 Å². The number of nitrogens with zero attached hydrogens (tertiary/aromatic N) is 3. The number of aliphatic carboxylic acids is 2. The number of hydrogen-bond donors (Lipinski definition) is 2. The average molecular weight is 410 g/mol. The van der Waals surface area contributed by atoms with Crippen LogP contribution in [0, 0.1) is 5.92 Å². The predicted octanol–water partition coefficient (Wildman–Crippen LogP) is 2.79. The van der Waals surface area contributed by atoms with Crippen molar-refractivity contribution in [3.63, 3.8) is 0 Å². The number of aromatic nitrogens is 2. The molecule has 0 amide bonds. The number of carboxylic acid groups (broad SMARTS) is 2. The van der Waals surface area contributed by atoms with Crippen LogP contribution in [0.4, 0.5) is 0 Å². The summed E-state index contributed by atoms with van der Waals surface area (Å²) in [4.78, 5) is 21.7. The molecule has 1 atom stereocenters. The number of hydrogen-bond acceptors (Lipinski definition) is 7. The Morgan fingerprint density at radius 2 is 1.86 bits per heavy atom. The van der Waals surface area contributed by atoms with Crippen LogP contribution >= 0.6 is 11.7 Å². The first-order valence-electron chi connectivity index (χ1n) is 9.43. The van der Waals surface area contributed by atoms with Gasteiger partial charge >= 0.3 is 11.9 Å². The molecule has 28 heavy (non-hydrogen) atoms. The zero-order valence-electron chi connectivity index (χ0n) is 15.8. The van der Waals surface area contributed by atoms with E-state index in [-0.39, 0.29) is 0 Å². The Kier molecular flexibility index (Phi) is 9.09. The molecule has 2 bridgehead atoms. The van der Waals surface area contributed by atoms with Crippen molar-refractivity contribution in [2.24, 2.45) is 5.92 Å². The number of carbonyl (C=O) groups is 2. The minimum atomic E-state index is -1.26. The summed E-state index contributed by atoms with van der Waals surface area (Å²) < 4.78 is 14.8. The van der Waals surface area contributed by atoms with E-state index < -0.39 is 11.9 Å². The van der Waals surface area contributed by atoms with Gasteiger partial charge in [0, 0.05) is 24.6 Å². The molecule has 1 aromatic rings. The summed E-state index contributed by atoms with van der Waals surface area (Å²) in [7, 11) is 0. The Morgan fingerprint density at radius 3 is 2.39 bits per heavy atom. The Morgan fingerprint density at radius 1 is 1.18 bits per heavy atom. The maximum absolute atomic E-state index is 9.55. The van der Waals surface area contributed by atoms with E-state index in [1.165, 1.54) is 37.7 Å². The lowest BCUT2D eigenvalue weighted by molar-refractivity contribution is -0.134. The number of ether oxygens (including phenoxy) is 1. The SMILES string of the molecule is C=CCCCCOc1nsnc1C1CN2CCC1CC2.O=C(O)/C=C/C(=O)O. The van der Waals surface area contributed by atoms with Gasteiger partial charge in [-0.15, -0.1) is 11.0 Å². The molecule has 9 heteroatoms. The Hall–Kier alpha value is -2.26. The molecule has 3 fully saturated rings. The molecule has 3 aliphatic heterocycles. The van der Waals surface area contributed by atoms with Crippen LogP contribution in [-0.4, -0.2) is 62.0 Å². The number of allylic oxidation sites excluding steroid dienone is 1. The molecule has 3 saturated heterocycles. The lowest BCUT2D eigenvalue weighted by Crippen LogP contribution is -2.46. The van der Waals surface area contributed by atoms with Crippen LogP contribution in [-0.2, 0) is 9.59 Å². The first-order valence-corrected chi connectivity index (χ1v) is 10.2. The van der Waals surface area contributed by atoms with Crippen LogP contribution in [0.2, 0.25) is 0 Å². The van der Waals surface area contributed by atoms with E-state index in [9.17, 15) is 9.59 Å². The summed E-state index contributed by atoms with van der Waals surface area (Å²) in [6, 6.07) is 0. The fourth-order valence-corrected chi connectivity index (χ4v) is 4.05. The standard InChI is InChI=1S/C15H23N3OS.C4H4O4/c1-2-3-4-5-10-19-15-14(16-20-17-15)13-11-18-8-6-12(13)7-9-18;5-3(6)1-2-4(7)8/h2,12-13H,1,3-11H2;1-2H,(H,5,6)(H,7,8)/b;2-1+. The highest BCUT2D eigenvalue weighted by Gasteiger charge is 2.38. The molecule has 0 aromatic carbocycles. The summed E-state index contributed by atoms with van der Waals surface area (Å²) in [5, 5.41) is 15.6. The van der Waals surface area contributed by atoms with Gasteiger partial charge in [0.2, 0.25) is 5.88 Å². The maximum Gasteiger partial charge on any atom is 0.328 e. The van der Waals surface area contributed by atoms with Gasteiger partial charge in [-0.1, -0.05) is 6.08 Å². The molecule has 1 aromatic heterocycles. The molecule has 4 heterocycles. The second kappa shape index (κ2) is 11.6. The molecule has 1 unspecified atom stereocenters. The monoisotopic (exact) mass is 409 g/mol. The van der Waals surface area contributed by atoms with Gasteiger partial charge in [0.25, 0.3) is 0 Å². The summed E-state index contributed by atoms with van der Waals surface area (Å²) in [5.74, 6) is -0.390. The summed E-state index contributed by atoms with van der Waals surface area (Å²) in [6.07, 6.45) is 8.94. The molecule has 0 aliphatic carbocycles. The zero-order valence-corrected chi connectivity index (χ0v) is 16.6. The smallest absolute Gasteiger partial charge is 0.328 e. The topological polar surface area (TPSA) is 113 Å². The van der Waals surface area contributed by atoms with Crippen molar-refractivity contribution in [2.45, 2.75) is 38.0 Å². The fourth-order valence-electron chi connectivity index (χ4n) is 3.49. The Balaban J connectivity index is 0.000000300. The van der Waals surface area contributed by atoms with Crippen molar-refractivity contribution < 1.29 is 24.5 Å². The molecule has 8 nitrogen and oxygen atoms in total. The predicted molar refractivity (Wildman–Crippen MR) is 106 cm³/mol. The Labute approximate surface area is 168 Å². The molecule has 0 saturated carbocycles. The van der Waals surface area contributed by atoms with E-state index in [1.54, 1.807) is 0 Å². The number of piperidine rings is 3. The third-order valence-corrected chi connectivity index (χ3v) is 5.43. The van der Waals surface area contributed by atoms with Crippen molar-refractivity contribution in [1.82, 2.24) is 13.6 Å². The minimum Gasteiger partial charge on any atom is -0.478 e. The molecule has 4 rings (SSSR count). The van der Waals surface area contributed by atoms with E-state index in [1.807, 2.05) is 6.08 Å². The third-order valence-electron chi connectivity index (χ3n) is 4.90. The van der Waals surface area contributed by atoms with Crippen molar-refractivity contribution >= 4 is 23.7 Å². The fraction of sp³-hybridized carbons (Fsp3) is 0.579. The van der Waals surface area contributed by atoms with E-state index in [4.69, 9.17) is 14.9 Å². The molecule has 154 valence electrons. The number of rotatable bonds is 9. The third kappa shape index (κ3) is 7.05. The molecule has 0 radical (unpaired) electrons. The van der Waals surface area contributed by atoms with E-state index >= 15 is 0 Å². The van der Waals surface area contributed by atoms with Crippen LogP contribution in [0.1, 0.15) is 43.7 Å². The van der Waals surface area contributed by atoms with Crippen LogP contribution in [0.25, 0.3) is 0 Å². The van der Waals surface area contributed by atoms with Crippen molar-refractivity contribution in [3.05, 3.63) is 30.5 Å². The van der Waals surface area contributed by atoms with Gasteiger partial charge in [-0.25, -0.2) is 9.59 Å². The van der Waals surface area contributed by atoms with Gasteiger partial charge in [-0.3, -0.25) is 0 Å². The largest absolute Gasteiger partial charge is 0.478 e. The minimum absolute atomic E-state index is 0.541. The van der Waals surface area contributed by atoms with E-state index in [2.05, 4.69) is 20.2 Å². The molecule has 0 spiro atoms. The van der Waals surface area contributed by atoms with Gasteiger partial charge in [0.05, 0.1) is 18.3 Å². The zero-order chi connectivity index (χ0) is 20.4. The van der Waals surface area contributed by atoms with Gasteiger partial charge in [-0.05, 0) is 51.1 Å². The van der Waals surface area contributed by atoms with Crippen LogP contribution in [0.5, 0.6) is 5.88 Å². The second-order valence-electron chi connectivity index (χ2n) is 6.84. The second-order valence-corrected chi connectivity index (χ2v) is 7.37. The number of unbranched alkanes of at least 4 members (excludes halogenated alkanes) is 2. The average Bonchev–Trinajstić information content (AvgIpc) is 3.16. The normalized spacial score (nSPS) is 23.1. The van der Waals surface area contributed by atoms with E-state index in [0.717, 1.165) is 49.9 Å². The highest BCUT2D eigenvalue weighted by Crippen LogP contribution is 2.41. The summed E-state index contributed by atoms with van der Waals surface area (Å²) >= 11 is 1.30. The molecular weight excluding hydrogens is 382 g/mol. The van der Waals surface area contributed by atoms with Crippen molar-refractivity contribution in [2.75, 3.05) is 26.2 Å². The van der Waals surface area contributed by atoms with Gasteiger partial charge in [0.15, 0.2) is 0 Å². The van der Waals surface area contributed by atoms with Gasteiger partial charge in [0.1, 0.15) is 5.69 Å². The first kappa shape index (κ1) is 22.0. The maximum atomic E-state index is 9.55. The molecular formula is C19H27N3O5S. The van der Waals surface area contributed by atoms with Crippen molar-refractivity contribution in [3.8, 4) is 5.88 Å². The summed E-state index contributed by atoms with van der Waals surface area (Å²) in [6.45, 7) is 8.15. The summed E-state index contributed by atoms with van der Waals surface area (Å²) in [5.41, 5.74) is 1.12. The lowest BCUT2D eigenvalue weighted by Gasteiger charge is -2.44. The quantitative estimate of drug-likeness (QED) is 0.364. The van der Waals surface area contributed by atoms with Crippen molar-refractivity contribution in [1.29, 1.82) is 0 Å². The van der Waals surface area contributed by atoms with Crippen LogP contribution in [0.15, 0.2) is 24.8 Å². The first-order chi connectivity index (χ1) is 13.5.